The Hall–Kier alpha value is -1.25. The molecule has 2 aliphatic heterocycles. The zero-order valence-electron chi connectivity index (χ0n) is 11.9. The Morgan fingerprint density at radius 3 is 2.95 bits per heavy atom. The molecule has 3 rings (SSSR count). The first-order valence-corrected chi connectivity index (χ1v) is 8.54. The molecule has 2 aliphatic rings. The van der Waals surface area contributed by atoms with Crippen LogP contribution in [-0.4, -0.2) is 29.8 Å². The molecule has 0 amide bonds. The molecule has 3 nitrogen and oxygen atoms in total. The minimum atomic E-state index is -0.371. The maximum atomic E-state index is 13.2. The van der Waals surface area contributed by atoms with E-state index in [0.29, 0.717) is 11.6 Å². The monoisotopic (exact) mass is 306 g/mol. The summed E-state index contributed by atoms with van der Waals surface area (Å²) >= 11 is 1.99. The van der Waals surface area contributed by atoms with Crippen molar-refractivity contribution in [1.82, 2.24) is 0 Å². The van der Waals surface area contributed by atoms with Gasteiger partial charge in [0.1, 0.15) is 11.9 Å². The predicted molar refractivity (Wildman–Crippen MR) is 83.0 cm³/mol. The van der Waals surface area contributed by atoms with E-state index in [1.165, 1.54) is 12.1 Å². The fourth-order valence-electron chi connectivity index (χ4n) is 3.20. The van der Waals surface area contributed by atoms with E-state index in [1.807, 2.05) is 11.8 Å². The first kappa shape index (κ1) is 14.7. The van der Waals surface area contributed by atoms with Gasteiger partial charge in [-0.2, -0.15) is 17.0 Å². The van der Waals surface area contributed by atoms with Gasteiger partial charge in [-0.15, -0.1) is 0 Å². The average molecular weight is 306 g/mol. The molecular weight excluding hydrogens is 287 g/mol. The summed E-state index contributed by atoms with van der Waals surface area (Å²) in [6, 6.07) is 6.70. The van der Waals surface area contributed by atoms with Crippen molar-refractivity contribution in [3.05, 3.63) is 29.6 Å². The molecule has 0 saturated carbocycles. The minimum absolute atomic E-state index is 0.00794. The third-order valence-electron chi connectivity index (χ3n) is 4.36. The van der Waals surface area contributed by atoms with Gasteiger partial charge in [0.25, 0.3) is 0 Å². The highest BCUT2D eigenvalue weighted by Crippen LogP contribution is 2.38. The van der Waals surface area contributed by atoms with E-state index < -0.39 is 0 Å². The van der Waals surface area contributed by atoms with Crippen LogP contribution >= 0.6 is 11.8 Å². The number of hydrogen-bond donors (Lipinski definition) is 1. The molecule has 1 aromatic carbocycles. The molecule has 2 fully saturated rings. The lowest BCUT2D eigenvalue weighted by molar-refractivity contribution is -0.0865. The zero-order valence-corrected chi connectivity index (χ0v) is 12.7. The van der Waals surface area contributed by atoms with Crippen molar-refractivity contribution in [2.24, 2.45) is 0 Å². The topological polar surface area (TPSA) is 45.0 Å². The van der Waals surface area contributed by atoms with Crippen LogP contribution in [0.3, 0.4) is 0 Å². The summed E-state index contributed by atoms with van der Waals surface area (Å²) in [5, 5.41) is 12.6. The Balaban J connectivity index is 1.71. The number of halogens is 1. The zero-order chi connectivity index (χ0) is 14.7. The molecule has 1 spiro atoms. The summed E-state index contributed by atoms with van der Waals surface area (Å²) in [7, 11) is 0. The third kappa shape index (κ3) is 3.33. The predicted octanol–water partition coefficient (Wildman–Crippen LogP) is 3.55. The molecule has 1 aromatic rings. The van der Waals surface area contributed by atoms with Crippen molar-refractivity contribution in [2.45, 2.75) is 37.3 Å². The van der Waals surface area contributed by atoms with Crippen molar-refractivity contribution in [1.29, 1.82) is 5.26 Å². The van der Waals surface area contributed by atoms with E-state index in [1.54, 1.807) is 6.07 Å². The number of anilines is 1. The highest BCUT2D eigenvalue weighted by Gasteiger charge is 2.38. The molecule has 0 aromatic heterocycles. The molecule has 5 heteroatoms. The van der Waals surface area contributed by atoms with E-state index in [2.05, 4.69) is 11.4 Å². The van der Waals surface area contributed by atoms with Crippen molar-refractivity contribution < 1.29 is 9.13 Å². The Labute approximate surface area is 128 Å². The SMILES string of the molecule is N#Cc1cc(F)ccc1NC1CCOC2(CCSCC2)C1. The summed E-state index contributed by atoms with van der Waals surface area (Å²) in [5.74, 6) is 1.95. The van der Waals surface area contributed by atoms with Crippen LogP contribution in [0.5, 0.6) is 0 Å². The molecule has 1 unspecified atom stereocenters. The maximum Gasteiger partial charge on any atom is 0.124 e. The molecule has 1 N–H and O–H groups in total. The number of hydrogen-bond acceptors (Lipinski definition) is 4. The standard InChI is InChI=1S/C16H19FN2OS/c17-13-1-2-15(12(9-13)11-18)19-14-3-6-20-16(10-14)4-7-21-8-5-16/h1-2,9,14,19H,3-8,10H2. The second kappa shape index (κ2) is 6.25. The van der Waals surface area contributed by atoms with Gasteiger partial charge in [-0.05, 0) is 55.4 Å². The van der Waals surface area contributed by atoms with Gasteiger partial charge in [0, 0.05) is 12.6 Å². The number of nitrogens with zero attached hydrogens (tertiary/aromatic N) is 1. The number of thioether (sulfide) groups is 1. The van der Waals surface area contributed by atoms with E-state index in [-0.39, 0.29) is 11.4 Å². The van der Waals surface area contributed by atoms with Gasteiger partial charge in [-0.1, -0.05) is 0 Å². The van der Waals surface area contributed by atoms with Gasteiger partial charge < -0.3 is 10.1 Å². The first-order chi connectivity index (χ1) is 10.2. The Bertz CT molecular complexity index is 546. The number of rotatable bonds is 2. The number of nitriles is 1. The molecule has 0 aliphatic carbocycles. The fraction of sp³-hybridized carbons (Fsp3) is 0.562. The second-order valence-corrected chi connectivity index (χ2v) is 7.00. The summed E-state index contributed by atoms with van der Waals surface area (Å²) in [6.07, 6.45) is 4.10. The van der Waals surface area contributed by atoms with Crippen LogP contribution in [-0.2, 0) is 4.74 Å². The van der Waals surface area contributed by atoms with Crippen LogP contribution in [0.25, 0.3) is 0 Å². The fourth-order valence-corrected chi connectivity index (χ4v) is 4.43. The maximum absolute atomic E-state index is 13.2. The van der Waals surface area contributed by atoms with E-state index in [9.17, 15) is 4.39 Å². The van der Waals surface area contributed by atoms with E-state index in [0.717, 1.165) is 49.5 Å². The average Bonchev–Trinajstić information content (AvgIpc) is 2.50. The summed E-state index contributed by atoms with van der Waals surface area (Å²) in [4.78, 5) is 0. The lowest BCUT2D eigenvalue weighted by Crippen LogP contribution is -2.46. The van der Waals surface area contributed by atoms with Crippen molar-refractivity contribution in [3.63, 3.8) is 0 Å². The first-order valence-electron chi connectivity index (χ1n) is 7.39. The van der Waals surface area contributed by atoms with Gasteiger partial charge in [0.2, 0.25) is 0 Å². The van der Waals surface area contributed by atoms with Crippen LogP contribution in [0.15, 0.2) is 18.2 Å². The molecular formula is C16H19FN2OS. The summed E-state index contributed by atoms with van der Waals surface area (Å²) < 4.78 is 19.3. The van der Waals surface area contributed by atoms with Gasteiger partial charge in [0.05, 0.1) is 16.9 Å². The van der Waals surface area contributed by atoms with Gasteiger partial charge in [-0.25, -0.2) is 4.39 Å². The minimum Gasteiger partial charge on any atom is -0.381 e. The summed E-state index contributed by atoms with van der Waals surface area (Å²) in [6.45, 7) is 0.755. The highest BCUT2D eigenvalue weighted by molar-refractivity contribution is 7.99. The molecule has 0 bridgehead atoms. The van der Waals surface area contributed by atoms with E-state index >= 15 is 0 Å². The van der Waals surface area contributed by atoms with Crippen LogP contribution in [0.2, 0.25) is 0 Å². The number of ether oxygens (including phenoxy) is 1. The van der Waals surface area contributed by atoms with Crippen molar-refractivity contribution in [2.75, 3.05) is 23.4 Å². The number of benzene rings is 1. The lowest BCUT2D eigenvalue weighted by Gasteiger charge is -2.43. The van der Waals surface area contributed by atoms with Gasteiger partial charge in [0.15, 0.2) is 0 Å². The molecule has 2 heterocycles. The number of nitrogens with one attached hydrogen (secondary N) is 1. The van der Waals surface area contributed by atoms with Crippen LogP contribution in [0, 0.1) is 17.1 Å². The Morgan fingerprint density at radius 1 is 1.38 bits per heavy atom. The van der Waals surface area contributed by atoms with Crippen molar-refractivity contribution >= 4 is 17.4 Å². The molecule has 1 atom stereocenters. The smallest absolute Gasteiger partial charge is 0.124 e. The van der Waals surface area contributed by atoms with Gasteiger partial charge >= 0.3 is 0 Å². The largest absolute Gasteiger partial charge is 0.381 e. The van der Waals surface area contributed by atoms with Crippen molar-refractivity contribution in [3.8, 4) is 6.07 Å². The molecule has 112 valence electrons. The van der Waals surface area contributed by atoms with Crippen LogP contribution < -0.4 is 5.32 Å². The molecule has 21 heavy (non-hydrogen) atoms. The Morgan fingerprint density at radius 2 is 2.19 bits per heavy atom. The quantitative estimate of drug-likeness (QED) is 0.907. The van der Waals surface area contributed by atoms with E-state index in [4.69, 9.17) is 10.00 Å². The van der Waals surface area contributed by atoms with Crippen LogP contribution in [0.1, 0.15) is 31.2 Å². The summed E-state index contributed by atoms with van der Waals surface area (Å²) in [5.41, 5.74) is 1.11. The molecule has 2 saturated heterocycles. The van der Waals surface area contributed by atoms with Gasteiger partial charge in [-0.3, -0.25) is 0 Å². The normalized spacial score (nSPS) is 24.5. The second-order valence-electron chi connectivity index (χ2n) is 5.78. The van der Waals surface area contributed by atoms with Crippen LogP contribution in [0.4, 0.5) is 10.1 Å². The lowest BCUT2D eigenvalue weighted by atomic mass is 9.85. The third-order valence-corrected chi connectivity index (χ3v) is 5.34. The highest BCUT2D eigenvalue weighted by atomic mass is 32.2. The Kier molecular flexibility index (Phi) is 4.37. The molecule has 0 radical (unpaired) electrons.